The molecule has 0 aliphatic heterocycles. The van der Waals surface area contributed by atoms with Crippen LogP contribution in [0.25, 0.3) is 0 Å². The second kappa shape index (κ2) is 12.8. The van der Waals surface area contributed by atoms with Crippen LogP contribution < -0.4 is 14.2 Å². The molecule has 0 aliphatic carbocycles. The molecule has 0 radical (unpaired) electrons. The Morgan fingerprint density at radius 2 is 1.43 bits per heavy atom. The second-order valence-corrected chi connectivity index (χ2v) is 6.28. The third-order valence-corrected chi connectivity index (χ3v) is 3.93. The van der Waals surface area contributed by atoms with E-state index in [0.717, 1.165) is 24.0 Å². The topological polar surface area (TPSA) is 82.1 Å². The zero-order chi connectivity index (χ0) is 22.5. The third-order valence-electron chi connectivity index (χ3n) is 3.93. The molecule has 0 amide bonds. The van der Waals surface area contributed by atoms with Crippen LogP contribution in [0.2, 0.25) is 0 Å². The number of aliphatic carboxylic acids is 1. The van der Waals surface area contributed by atoms with E-state index >= 15 is 0 Å². The van der Waals surface area contributed by atoms with Crippen molar-refractivity contribution >= 4 is 11.9 Å². The summed E-state index contributed by atoms with van der Waals surface area (Å²) in [5.74, 6) is 0.411. The van der Waals surface area contributed by atoms with Crippen LogP contribution >= 0.6 is 0 Å². The van der Waals surface area contributed by atoms with Gasteiger partial charge in [-0.2, -0.15) is 0 Å². The van der Waals surface area contributed by atoms with Gasteiger partial charge in [-0.15, -0.1) is 13.2 Å². The molecule has 0 bridgehead atoms. The summed E-state index contributed by atoms with van der Waals surface area (Å²) in [6.45, 7) is 8.66. The van der Waals surface area contributed by atoms with Crippen molar-refractivity contribution in [3.05, 3.63) is 78.4 Å². The van der Waals surface area contributed by atoms with Gasteiger partial charge in [0.05, 0.1) is 20.6 Å². The van der Waals surface area contributed by atoms with E-state index in [-0.39, 0.29) is 12.4 Å². The SMILES string of the molecule is C=CCc1ccc(CC(=O)O)c(OC)c1.C=CCc1ccc(OC(C)=O)c(OC)c1. The van der Waals surface area contributed by atoms with Gasteiger partial charge < -0.3 is 19.3 Å². The fourth-order valence-electron chi connectivity index (χ4n) is 2.64. The summed E-state index contributed by atoms with van der Waals surface area (Å²) in [7, 11) is 3.08. The van der Waals surface area contributed by atoms with Crippen LogP contribution in [0, 0.1) is 0 Å². The van der Waals surface area contributed by atoms with Gasteiger partial charge >= 0.3 is 11.9 Å². The number of rotatable bonds is 9. The number of benzene rings is 2. The van der Waals surface area contributed by atoms with Gasteiger partial charge in [-0.25, -0.2) is 0 Å². The van der Waals surface area contributed by atoms with E-state index in [1.807, 2.05) is 24.3 Å². The Labute approximate surface area is 177 Å². The Morgan fingerprint density at radius 3 is 1.90 bits per heavy atom. The van der Waals surface area contributed by atoms with E-state index < -0.39 is 5.97 Å². The fraction of sp³-hybridized carbons (Fsp3) is 0.250. The van der Waals surface area contributed by atoms with Crippen molar-refractivity contribution in [2.45, 2.75) is 26.2 Å². The van der Waals surface area contributed by atoms with Gasteiger partial charge in [0, 0.05) is 12.5 Å². The van der Waals surface area contributed by atoms with E-state index in [0.29, 0.717) is 22.8 Å². The second-order valence-electron chi connectivity index (χ2n) is 6.28. The normalized spacial score (nSPS) is 9.57. The van der Waals surface area contributed by atoms with Crippen LogP contribution in [-0.4, -0.2) is 31.3 Å². The maximum Gasteiger partial charge on any atom is 0.308 e. The van der Waals surface area contributed by atoms with Crippen molar-refractivity contribution in [1.82, 2.24) is 0 Å². The first-order valence-corrected chi connectivity index (χ1v) is 9.29. The maximum atomic E-state index is 10.8. The van der Waals surface area contributed by atoms with Crippen molar-refractivity contribution in [2.75, 3.05) is 14.2 Å². The number of carboxylic acids is 1. The highest BCUT2D eigenvalue weighted by atomic mass is 16.6. The molecule has 0 atom stereocenters. The van der Waals surface area contributed by atoms with Crippen molar-refractivity contribution < 1.29 is 28.9 Å². The van der Waals surface area contributed by atoms with Gasteiger partial charge in [0.25, 0.3) is 0 Å². The lowest BCUT2D eigenvalue weighted by Gasteiger charge is -2.08. The van der Waals surface area contributed by atoms with Crippen molar-refractivity contribution in [3.63, 3.8) is 0 Å². The van der Waals surface area contributed by atoms with E-state index in [1.54, 1.807) is 38.5 Å². The molecule has 0 aliphatic rings. The molecule has 2 rings (SSSR count). The number of hydrogen-bond acceptors (Lipinski definition) is 5. The minimum Gasteiger partial charge on any atom is -0.496 e. The van der Waals surface area contributed by atoms with Crippen molar-refractivity contribution in [3.8, 4) is 17.2 Å². The first-order valence-electron chi connectivity index (χ1n) is 9.29. The van der Waals surface area contributed by atoms with Gasteiger partial charge in [-0.05, 0) is 42.2 Å². The number of ether oxygens (including phenoxy) is 3. The summed E-state index contributed by atoms with van der Waals surface area (Å²) in [6.07, 6.45) is 5.10. The predicted molar refractivity (Wildman–Crippen MR) is 116 cm³/mol. The lowest BCUT2D eigenvalue weighted by atomic mass is 10.1. The van der Waals surface area contributed by atoms with Crippen LogP contribution in [-0.2, 0) is 28.9 Å². The number of hydrogen-bond donors (Lipinski definition) is 1. The monoisotopic (exact) mass is 412 g/mol. The summed E-state index contributed by atoms with van der Waals surface area (Å²) in [5.41, 5.74) is 2.83. The van der Waals surface area contributed by atoms with Gasteiger partial charge in [0.2, 0.25) is 0 Å². The van der Waals surface area contributed by atoms with Gasteiger partial charge in [0.1, 0.15) is 5.75 Å². The molecule has 6 heteroatoms. The van der Waals surface area contributed by atoms with Gasteiger partial charge in [-0.1, -0.05) is 30.4 Å². The molecule has 0 saturated heterocycles. The maximum absolute atomic E-state index is 10.8. The molecule has 0 spiro atoms. The highest BCUT2D eigenvalue weighted by molar-refractivity contribution is 5.71. The van der Waals surface area contributed by atoms with Crippen molar-refractivity contribution in [1.29, 1.82) is 0 Å². The Hall–Kier alpha value is -3.54. The minimum atomic E-state index is -0.857. The van der Waals surface area contributed by atoms with Crippen LogP contribution in [0.1, 0.15) is 23.6 Å². The molecule has 0 fully saturated rings. The summed E-state index contributed by atoms with van der Waals surface area (Å²) < 4.78 is 15.2. The Bertz CT molecular complexity index is 812. The number of carbonyl (C=O) groups is 2. The molecule has 0 saturated carbocycles. The van der Waals surface area contributed by atoms with Crippen LogP contribution in [0.5, 0.6) is 17.2 Å². The summed E-state index contributed by atoms with van der Waals surface area (Å²) in [4.78, 5) is 21.4. The molecule has 2 aromatic carbocycles. The molecule has 0 aromatic heterocycles. The molecular weight excluding hydrogens is 384 g/mol. The highest BCUT2D eigenvalue weighted by Gasteiger charge is 2.08. The molecule has 0 unspecified atom stereocenters. The molecular formula is C24H28O6. The summed E-state index contributed by atoms with van der Waals surface area (Å²) >= 11 is 0. The average molecular weight is 412 g/mol. The molecule has 2 aromatic rings. The first-order chi connectivity index (χ1) is 14.3. The number of allylic oxidation sites excluding steroid dienone is 2. The van der Waals surface area contributed by atoms with Crippen LogP contribution in [0.3, 0.4) is 0 Å². The molecule has 0 heterocycles. The Morgan fingerprint density at radius 1 is 0.900 bits per heavy atom. The van der Waals surface area contributed by atoms with Crippen LogP contribution in [0.4, 0.5) is 0 Å². The zero-order valence-electron chi connectivity index (χ0n) is 17.6. The van der Waals surface area contributed by atoms with Crippen molar-refractivity contribution in [2.24, 2.45) is 0 Å². The molecule has 1 N–H and O–H groups in total. The Kier molecular flexibility index (Phi) is 10.5. The zero-order valence-corrected chi connectivity index (χ0v) is 17.6. The lowest BCUT2D eigenvalue weighted by molar-refractivity contribution is -0.136. The summed E-state index contributed by atoms with van der Waals surface area (Å²) in [6, 6.07) is 11.0. The average Bonchev–Trinajstić information content (AvgIpc) is 2.70. The first kappa shape index (κ1) is 24.5. The van der Waals surface area contributed by atoms with Crippen LogP contribution in [0.15, 0.2) is 61.7 Å². The summed E-state index contributed by atoms with van der Waals surface area (Å²) in [5, 5.41) is 8.69. The molecule has 160 valence electrons. The quantitative estimate of drug-likeness (QED) is 0.373. The number of esters is 1. The van der Waals surface area contributed by atoms with E-state index in [4.69, 9.17) is 19.3 Å². The largest absolute Gasteiger partial charge is 0.496 e. The smallest absolute Gasteiger partial charge is 0.308 e. The Balaban J connectivity index is 0.000000300. The minimum absolute atomic E-state index is 0.0163. The van der Waals surface area contributed by atoms with E-state index in [9.17, 15) is 9.59 Å². The fourth-order valence-corrected chi connectivity index (χ4v) is 2.64. The number of methoxy groups -OCH3 is 2. The molecule has 6 nitrogen and oxygen atoms in total. The van der Waals surface area contributed by atoms with Gasteiger partial charge in [-0.3, -0.25) is 9.59 Å². The van der Waals surface area contributed by atoms with E-state index in [2.05, 4.69) is 13.2 Å². The highest BCUT2D eigenvalue weighted by Crippen LogP contribution is 2.28. The lowest BCUT2D eigenvalue weighted by Crippen LogP contribution is -2.03. The predicted octanol–water partition coefficient (Wildman–Crippen LogP) is 4.40. The van der Waals surface area contributed by atoms with E-state index in [1.165, 1.54) is 6.92 Å². The number of carboxylic acid groups (broad SMARTS) is 1. The number of carbonyl (C=O) groups excluding carboxylic acids is 1. The molecule has 30 heavy (non-hydrogen) atoms. The standard InChI is InChI=1S/2C12H14O3/c1-4-5-10-6-7-11(15-9(2)13)12(8-10)14-3;1-3-4-9-5-6-10(8-12(13)14)11(7-9)15-2/h4,6-8H,1,5H2,2-3H3;3,5-7H,1,4,8H2,2H3,(H,13,14). The third kappa shape index (κ3) is 8.22. The van der Waals surface area contributed by atoms with Gasteiger partial charge in [0.15, 0.2) is 11.5 Å².